The van der Waals surface area contributed by atoms with Crippen molar-refractivity contribution in [1.29, 1.82) is 0 Å². The summed E-state index contributed by atoms with van der Waals surface area (Å²) >= 11 is 0. The van der Waals surface area contributed by atoms with Crippen LogP contribution in [0.3, 0.4) is 0 Å². The second-order valence-electron chi connectivity index (χ2n) is 1.37. The second-order valence-corrected chi connectivity index (χ2v) is 1.37. The first-order valence-corrected chi connectivity index (χ1v) is 3.11. The van der Waals surface area contributed by atoms with Gasteiger partial charge in [0.2, 0.25) is 0 Å². The van der Waals surface area contributed by atoms with Gasteiger partial charge in [-0.15, -0.1) is 0 Å². The maximum absolute atomic E-state index is 11.6. The Morgan fingerprint density at radius 2 is 1.67 bits per heavy atom. The van der Waals surface area contributed by atoms with Crippen LogP contribution in [0.25, 0.3) is 0 Å². The first-order valence-electron chi connectivity index (χ1n) is 3.11. The van der Waals surface area contributed by atoms with Crippen LogP contribution in [0.4, 0.5) is 8.78 Å². The van der Waals surface area contributed by atoms with Crippen LogP contribution in [0, 0.1) is 0 Å². The molecule has 0 aromatic carbocycles. The molecule has 0 aliphatic heterocycles. The standard InChI is InChI=1S/C4H8F2O.C2H6/c1-2-4(5,6)3-7;1-2/h7H,2-3H2,1H3;1-2H3. The van der Waals surface area contributed by atoms with E-state index in [-0.39, 0.29) is 6.42 Å². The van der Waals surface area contributed by atoms with E-state index < -0.39 is 12.5 Å². The Hall–Kier alpha value is -0.180. The van der Waals surface area contributed by atoms with Gasteiger partial charge in [-0.25, -0.2) is 8.78 Å². The molecule has 0 saturated carbocycles. The number of hydrogen-bond donors (Lipinski definition) is 1. The number of aliphatic hydroxyl groups excluding tert-OH is 1. The van der Waals surface area contributed by atoms with Crippen molar-refractivity contribution in [3.63, 3.8) is 0 Å². The molecule has 9 heavy (non-hydrogen) atoms. The van der Waals surface area contributed by atoms with E-state index in [9.17, 15) is 8.78 Å². The average molecular weight is 140 g/mol. The fraction of sp³-hybridized carbons (Fsp3) is 1.00. The third-order valence-corrected chi connectivity index (χ3v) is 0.749. The molecule has 1 nitrogen and oxygen atoms in total. The molecule has 0 saturated heterocycles. The molecule has 1 N–H and O–H groups in total. The van der Waals surface area contributed by atoms with Crippen molar-refractivity contribution in [2.75, 3.05) is 6.61 Å². The predicted molar refractivity (Wildman–Crippen MR) is 33.7 cm³/mol. The van der Waals surface area contributed by atoms with E-state index in [4.69, 9.17) is 5.11 Å². The lowest BCUT2D eigenvalue weighted by Gasteiger charge is -2.07. The predicted octanol–water partition coefficient (Wildman–Crippen LogP) is 2.05. The fourth-order valence-electron chi connectivity index (χ4n) is 0.112. The van der Waals surface area contributed by atoms with Crippen LogP contribution >= 0.6 is 0 Å². The molecule has 0 aliphatic carbocycles. The van der Waals surface area contributed by atoms with Crippen LogP contribution in [0.15, 0.2) is 0 Å². The molecule has 0 radical (unpaired) electrons. The van der Waals surface area contributed by atoms with Gasteiger partial charge in [0.1, 0.15) is 6.61 Å². The van der Waals surface area contributed by atoms with Crippen molar-refractivity contribution in [2.45, 2.75) is 33.1 Å². The molecule has 0 fully saturated rings. The molecule has 0 amide bonds. The number of hydrogen-bond acceptors (Lipinski definition) is 1. The third-order valence-electron chi connectivity index (χ3n) is 0.749. The van der Waals surface area contributed by atoms with Crippen LogP contribution in [0.2, 0.25) is 0 Å². The molecule has 0 atom stereocenters. The molecule has 0 unspecified atom stereocenters. The summed E-state index contributed by atoms with van der Waals surface area (Å²) in [5.74, 6) is -2.86. The zero-order valence-electron chi connectivity index (χ0n) is 6.12. The van der Waals surface area contributed by atoms with Crippen molar-refractivity contribution in [3.05, 3.63) is 0 Å². The van der Waals surface area contributed by atoms with Gasteiger partial charge < -0.3 is 5.11 Å². The highest BCUT2D eigenvalue weighted by molar-refractivity contribution is 4.58. The second kappa shape index (κ2) is 5.95. The number of alkyl halides is 2. The molecule has 58 valence electrons. The van der Waals surface area contributed by atoms with Crippen molar-refractivity contribution >= 4 is 0 Å². The minimum Gasteiger partial charge on any atom is -0.390 e. The average Bonchev–Trinajstić information content (AvgIpc) is 1.93. The molecule has 0 rings (SSSR count). The molecule has 0 heterocycles. The van der Waals surface area contributed by atoms with Gasteiger partial charge in [0.25, 0.3) is 5.92 Å². The van der Waals surface area contributed by atoms with E-state index in [2.05, 4.69) is 0 Å². The summed E-state index contributed by atoms with van der Waals surface area (Å²) in [6.07, 6.45) is -0.288. The third kappa shape index (κ3) is 7.82. The maximum atomic E-state index is 11.6. The Labute approximate surface area is 54.7 Å². The number of halogens is 2. The van der Waals surface area contributed by atoms with Crippen molar-refractivity contribution in [2.24, 2.45) is 0 Å². The summed E-state index contributed by atoms with van der Waals surface area (Å²) in [6, 6.07) is 0. The van der Waals surface area contributed by atoms with Gasteiger partial charge in [0, 0.05) is 6.42 Å². The summed E-state index contributed by atoms with van der Waals surface area (Å²) in [7, 11) is 0. The first-order chi connectivity index (χ1) is 4.12. The molecular formula is C6H14F2O. The summed E-state index contributed by atoms with van der Waals surface area (Å²) in [6.45, 7) is 4.29. The van der Waals surface area contributed by atoms with Crippen molar-refractivity contribution in [1.82, 2.24) is 0 Å². The molecule has 0 bridgehead atoms. The summed E-state index contributed by atoms with van der Waals surface area (Å²) in [5.41, 5.74) is 0. The van der Waals surface area contributed by atoms with Gasteiger partial charge in [0.05, 0.1) is 0 Å². The lowest BCUT2D eigenvalue weighted by atomic mass is 10.3. The highest BCUT2D eigenvalue weighted by atomic mass is 19.3. The van der Waals surface area contributed by atoms with Gasteiger partial charge in [0.15, 0.2) is 0 Å². The van der Waals surface area contributed by atoms with E-state index in [0.29, 0.717) is 0 Å². The van der Waals surface area contributed by atoms with Crippen LogP contribution in [0.1, 0.15) is 27.2 Å². The molecule has 3 heteroatoms. The van der Waals surface area contributed by atoms with Gasteiger partial charge in [-0.05, 0) is 0 Å². The van der Waals surface area contributed by atoms with Gasteiger partial charge in [-0.2, -0.15) is 0 Å². The Kier molecular flexibility index (Phi) is 7.66. The number of aliphatic hydroxyl groups is 1. The van der Waals surface area contributed by atoms with Crippen LogP contribution in [-0.2, 0) is 0 Å². The van der Waals surface area contributed by atoms with E-state index in [1.165, 1.54) is 6.92 Å². The molecule has 0 aliphatic rings. The van der Waals surface area contributed by atoms with Crippen molar-refractivity contribution in [3.8, 4) is 0 Å². The topological polar surface area (TPSA) is 20.2 Å². The largest absolute Gasteiger partial charge is 0.390 e. The Balaban J connectivity index is 0. The van der Waals surface area contributed by atoms with Gasteiger partial charge >= 0.3 is 0 Å². The highest BCUT2D eigenvalue weighted by Gasteiger charge is 2.23. The summed E-state index contributed by atoms with van der Waals surface area (Å²) < 4.78 is 23.3. The Bertz CT molecular complexity index is 49.0. The highest BCUT2D eigenvalue weighted by Crippen LogP contribution is 2.14. The van der Waals surface area contributed by atoms with Crippen LogP contribution in [-0.4, -0.2) is 17.6 Å². The summed E-state index contributed by atoms with van der Waals surface area (Å²) in [5, 5.41) is 7.84. The SMILES string of the molecule is CC.CCC(F)(F)CO. The van der Waals surface area contributed by atoms with E-state index in [0.717, 1.165) is 0 Å². The fourth-order valence-corrected chi connectivity index (χ4v) is 0.112. The molecular weight excluding hydrogens is 126 g/mol. The van der Waals surface area contributed by atoms with E-state index in [1.54, 1.807) is 0 Å². The maximum Gasteiger partial charge on any atom is 0.270 e. The van der Waals surface area contributed by atoms with Crippen molar-refractivity contribution < 1.29 is 13.9 Å². The zero-order valence-corrected chi connectivity index (χ0v) is 6.12. The van der Waals surface area contributed by atoms with E-state index >= 15 is 0 Å². The smallest absolute Gasteiger partial charge is 0.270 e. The Morgan fingerprint density at radius 1 is 1.33 bits per heavy atom. The normalized spacial score (nSPS) is 10.0. The first kappa shape index (κ1) is 11.6. The van der Waals surface area contributed by atoms with E-state index in [1.807, 2.05) is 13.8 Å². The quantitative estimate of drug-likeness (QED) is 0.622. The van der Waals surface area contributed by atoms with Gasteiger partial charge in [-0.3, -0.25) is 0 Å². The molecule has 0 aromatic rings. The van der Waals surface area contributed by atoms with Crippen LogP contribution < -0.4 is 0 Å². The monoisotopic (exact) mass is 140 g/mol. The van der Waals surface area contributed by atoms with Gasteiger partial charge in [-0.1, -0.05) is 20.8 Å². The molecule has 0 spiro atoms. The zero-order chi connectivity index (χ0) is 7.91. The Morgan fingerprint density at radius 3 is 1.67 bits per heavy atom. The summed E-state index contributed by atoms with van der Waals surface area (Å²) in [4.78, 5) is 0. The lowest BCUT2D eigenvalue weighted by Crippen LogP contribution is -2.18. The number of rotatable bonds is 2. The van der Waals surface area contributed by atoms with Crippen LogP contribution in [0.5, 0.6) is 0 Å². The minimum absolute atomic E-state index is 0.288. The minimum atomic E-state index is -2.86. The lowest BCUT2D eigenvalue weighted by molar-refractivity contribution is -0.0522. The molecule has 0 aromatic heterocycles.